The Hall–Kier alpha value is -2.43. The summed E-state index contributed by atoms with van der Waals surface area (Å²) in [7, 11) is -4.17. The number of nitrogens with two attached hydrogens (primary N) is 1. The van der Waals surface area contributed by atoms with Crippen LogP contribution in [0.3, 0.4) is 0 Å². The van der Waals surface area contributed by atoms with Gasteiger partial charge in [-0.3, -0.25) is 4.79 Å². The second-order valence-electron chi connectivity index (χ2n) is 5.66. The highest BCUT2D eigenvalue weighted by Crippen LogP contribution is 2.46. The van der Waals surface area contributed by atoms with Gasteiger partial charge in [-0.15, -0.1) is 15.6 Å². The molecule has 2 aliphatic heterocycles. The molecule has 0 radical (unpaired) electrons. The van der Waals surface area contributed by atoms with Gasteiger partial charge in [-0.2, -0.15) is 13.5 Å². The fraction of sp³-hybridized carbons (Fsp3) is 0.200. The van der Waals surface area contributed by atoms with Crippen LogP contribution < -0.4 is 5.73 Å². The van der Waals surface area contributed by atoms with Crippen LogP contribution in [0.4, 0.5) is 4.79 Å². The summed E-state index contributed by atoms with van der Waals surface area (Å²) < 4.78 is 30.1. The Morgan fingerprint density at radius 3 is 2.64 bits per heavy atom. The van der Waals surface area contributed by atoms with E-state index in [9.17, 15) is 18.0 Å². The number of hydrogen-bond donors (Lipinski definition) is 1. The lowest BCUT2D eigenvalue weighted by Crippen LogP contribution is -2.41. The van der Waals surface area contributed by atoms with Crippen molar-refractivity contribution < 1.29 is 22.3 Å². The SMILES string of the molecule is NC(=O)[C@@H]1c2sccc2[C@@H]2CN1C(=O)N2OS(=O)(=O)c1ccccc1. The van der Waals surface area contributed by atoms with Crippen molar-refractivity contribution in [3.63, 3.8) is 0 Å². The van der Waals surface area contributed by atoms with Crippen molar-refractivity contribution in [2.75, 3.05) is 6.54 Å². The monoisotopic (exact) mass is 379 g/mol. The molecular weight excluding hydrogens is 366 g/mol. The van der Waals surface area contributed by atoms with E-state index in [1.54, 1.807) is 29.6 Å². The first-order chi connectivity index (χ1) is 11.9. The first-order valence-electron chi connectivity index (χ1n) is 7.36. The molecule has 4 rings (SSSR count). The van der Waals surface area contributed by atoms with E-state index in [1.807, 2.05) is 0 Å². The Labute approximate surface area is 147 Å². The summed E-state index contributed by atoms with van der Waals surface area (Å²) in [6.07, 6.45) is 0. The topological polar surface area (TPSA) is 110 Å². The van der Waals surface area contributed by atoms with Gasteiger partial charge < -0.3 is 10.6 Å². The van der Waals surface area contributed by atoms with Crippen molar-refractivity contribution in [3.8, 4) is 0 Å². The van der Waals surface area contributed by atoms with Gasteiger partial charge in [-0.25, -0.2) is 4.79 Å². The molecule has 2 bridgehead atoms. The number of urea groups is 1. The van der Waals surface area contributed by atoms with E-state index in [4.69, 9.17) is 10.0 Å². The molecule has 3 heterocycles. The number of fused-ring (bicyclic) bond motifs is 4. The van der Waals surface area contributed by atoms with Crippen molar-refractivity contribution in [1.82, 2.24) is 9.96 Å². The lowest BCUT2D eigenvalue weighted by atomic mass is 9.99. The molecule has 0 spiro atoms. The minimum absolute atomic E-state index is 0.0590. The first-order valence-corrected chi connectivity index (χ1v) is 9.65. The summed E-state index contributed by atoms with van der Waals surface area (Å²) in [5.41, 5.74) is 6.13. The number of amides is 3. The number of hydroxylamine groups is 2. The van der Waals surface area contributed by atoms with E-state index >= 15 is 0 Å². The zero-order valence-corrected chi connectivity index (χ0v) is 14.4. The highest BCUT2D eigenvalue weighted by molar-refractivity contribution is 7.86. The van der Waals surface area contributed by atoms with Crippen LogP contribution in [0, 0.1) is 0 Å². The quantitative estimate of drug-likeness (QED) is 0.863. The fourth-order valence-electron chi connectivity index (χ4n) is 3.11. The molecule has 0 aliphatic carbocycles. The van der Waals surface area contributed by atoms with Gasteiger partial charge >= 0.3 is 16.1 Å². The van der Waals surface area contributed by atoms with E-state index < -0.39 is 34.1 Å². The molecule has 3 amide bonds. The van der Waals surface area contributed by atoms with Gasteiger partial charge in [0.25, 0.3) is 0 Å². The van der Waals surface area contributed by atoms with Gasteiger partial charge in [0.15, 0.2) is 0 Å². The molecule has 2 aromatic rings. The van der Waals surface area contributed by atoms with Crippen LogP contribution in [-0.2, 0) is 19.2 Å². The molecule has 2 N–H and O–H groups in total. The molecular formula is C15H13N3O5S2. The van der Waals surface area contributed by atoms with E-state index in [1.165, 1.54) is 28.4 Å². The average molecular weight is 379 g/mol. The van der Waals surface area contributed by atoms with Gasteiger partial charge in [-0.05, 0) is 29.1 Å². The van der Waals surface area contributed by atoms with Gasteiger partial charge in [0, 0.05) is 4.88 Å². The normalized spacial score (nSPS) is 22.2. The van der Waals surface area contributed by atoms with E-state index in [0.717, 1.165) is 5.06 Å². The van der Waals surface area contributed by atoms with Crippen molar-refractivity contribution in [2.45, 2.75) is 17.0 Å². The largest absolute Gasteiger partial charge is 0.368 e. The number of primary amides is 1. The molecule has 1 aromatic carbocycles. The van der Waals surface area contributed by atoms with E-state index in [2.05, 4.69) is 0 Å². The van der Waals surface area contributed by atoms with Gasteiger partial charge in [-0.1, -0.05) is 18.2 Å². The first kappa shape index (κ1) is 16.1. The zero-order chi connectivity index (χ0) is 17.8. The molecule has 10 heteroatoms. The summed E-state index contributed by atoms with van der Waals surface area (Å²) in [6.45, 7) is 0.139. The molecule has 130 valence electrons. The second-order valence-corrected chi connectivity index (χ2v) is 8.14. The lowest BCUT2D eigenvalue weighted by molar-refractivity contribution is -0.122. The van der Waals surface area contributed by atoms with Crippen LogP contribution in [0.2, 0.25) is 0 Å². The minimum Gasteiger partial charge on any atom is -0.368 e. The van der Waals surface area contributed by atoms with Crippen LogP contribution in [-0.4, -0.2) is 36.9 Å². The summed E-state index contributed by atoms with van der Waals surface area (Å²) in [5.74, 6) is -0.664. The number of nitrogens with zero attached hydrogens (tertiary/aromatic N) is 2. The number of carbonyl (C=O) groups excluding carboxylic acids is 2. The Balaban J connectivity index is 1.72. The molecule has 2 aliphatic rings. The molecule has 1 aromatic heterocycles. The molecule has 25 heavy (non-hydrogen) atoms. The molecule has 0 saturated carbocycles. The third-order valence-electron chi connectivity index (χ3n) is 4.21. The maximum Gasteiger partial charge on any atom is 0.346 e. The highest BCUT2D eigenvalue weighted by Gasteiger charge is 2.52. The Morgan fingerprint density at radius 1 is 1.24 bits per heavy atom. The zero-order valence-electron chi connectivity index (χ0n) is 12.7. The average Bonchev–Trinajstić information content (AvgIpc) is 3.16. The Kier molecular flexibility index (Phi) is 3.56. The third-order valence-corrected chi connectivity index (χ3v) is 6.40. The van der Waals surface area contributed by atoms with Crippen LogP contribution >= 0.6 is 11.3 Å². The highest BCUT2D eigenvalue weighted by atomic mass is 32.2. The maximum absolute atomic E-state index is 12.6. The smallest absolute Gasteiger partial charge is 0.346 e. The Morgan fingerprint density at radius 2 is 1.96 bits per heavy atom. The van der Waals surface area contributed by atoms with E-state index in [-0.39, 0.29) is 11.4 Å². The summed E-state index contributed by atoms with van der Waals surface area (Å²) in [6, 6.07) is 7.09. The molecule has 8 nitrogen and oxygen atoms in total. The number of rotatable bonds is 4. The number of carbonyl (C=O) groups is 2. The van der Waals surface area contributed by atoms with Gasteiger partial charge in [0.2, 0.25) is 5.91 Å². The van der Waals surface area contributed by atoms with Crippen molar-refractivity contribution in [3.05, 3.63) is 52.2 Å². The minimum atomic E-state index is -4.17. The molecule has 1 fully saturated rings. The summed E-state index contributed by atoms with van der Waals surface area (Å²) in [5, 5.41) is 2.59. The van der Waals surface area contributed by atoms with Gasteiger partial charge in [0.1, 0.15) is 12.1 Å². The van der Waals surface area contributed by atoms with Crippen LogP contribution in [0.1, 0.15) is 22.5 Å². The van der Waals surface area contributed by atoms with Crippen molar-refractivity contribution in [1.29, 1.82) is 0 Å². The Bertz CT molecular complexity index is 957. The standard InChI is InChI=1S/C15H13N3O5S2/c16-14(19)12-13-10(6-7-24-13)11-8-17(12)15(20)18(11)23-25(21,22)9-4-2-1-3-5-9/h1-7,11-12H,8H2,(H2,16,19)/t11-,12-/m0/s1. The maximum atomic E-state index is 12.6. The van der Waals surface area contributed by atoms with Crippen molar-refractivity contribution in [2.24, 2.45) is 5.73 Å². The molecule has 0 unspecified atom stereocenters. The predicted octanol–water partition coefficient (Wildman–Crippen LogP) is 1.39. The van der Waals surface area contributed by atoms with Crippen molar-refractivity contribution >= 4 is 33.4 Å². The fourth-order valence-corrected chi connectivity index (χ4v) is 5.14. The van der Waals surface area contributed by atoms with Crippen LogP contribution in [0.25, 0.3) is 0 Å². The predicted molar refractivity (Wildman–Crippen MR) is 87.6 cm³/mol. The lowest BCUT2D eigenvalue weighted by Gasteiger charge is -2.27. The molecule has 1 saturated heterocycles. The van der Waals surface area contributed by atoms with Gasteiger partial charge in [0.05, 0.1) is 11.4 Å². The molecule has 2 atom stereocenters. The van der Waals surface area contributed by atoms with E-state index in [0.29, 0.717) is 10.4 Å². The van der Waals surface area contributed by atoms with Crippen LogP contribution in [0.5, 0.6) is 0 Å². The number of thiophene rings is 1. The third kappa shape index (κ3) is 2.41. The number of hydrogen-bond acceptors (Lipinski definition) is 6. The summed E-state index contributed by atoms with van der Waals surface area (Å²) in [4.78, 5) is 26.3. The number of benzene rings is 1. The van der Waals surface area contributed by atoms with Crippen LogP contribution in [0.15, 0.2) is 46.7 Å². The summed E-state index contributed by atoms with van der Waals surface area (Å²) >= 11 is 1.30. The second kappa shape index (κ2) is 5.55.